The van der Waals surface area contributed by atoms with Gasteiger partial charge in [0.25, 0.3) is 0 Å². The summed E-state index contributed by atoms with van der Waals surface area (Å²) < 4.78 is 11.1. The summed E-state index contributed by atoms with van der Waals surface area (Å²) in [6.45, 7) is 1.64. The van der Waals surface area contributed by atoms with Crippen molar-refractivity contribution >= 4 is 22.9 Å². The molecular formula is C14H9ClN2O3S. The van der Waals surface area contributed by atoms with E-state index in [1.54, 1.807) is 25.1 Å². The van der Waals surface area contributed by atoms with Crippen LogP contribution in [-0.4, -0.2) is 0 Å². The first-order valence-electron chi connectivity index (χ1n) is 5.98. The van der Waals surface area contributed by atoms with Gasteiger partial charge in [-0.3, -0.25) is 0 Å². The molecule has 0 saturated heterocycles. The van der Waals surface area contributed by atoms with E-state index in [-0.39, 0.29) is 17.0 Å². The lowest BCUT2D eigenvalue weighted by molar-refractivity contribution is 0.372. The highest BCUT2D eigenvalue weighted by Gasteiger charge is 2.35. The zero-order chi connectivity index (χ0) is 15.1. The fourth-order valence-corrected chi connectivity index (χ4v) is 3.47. The molecule has 0 bridgehead atoms. The molecule has 3 heterocycles. The smallest absolute Gasteiger partial charge is 0.343 e. The van der Waals surface area contributed by atoms with Gasteiger partial charge in [-0.1, -0.05) is 11.6 Å². The first kappa shape index (κ1) is 13.7. The third-order valence-electron chi connectivity index (χ3n) is 3.14. The zero-order valence-corrected chi connectivity index (χ0v) is 12.4. The van der Waals surface area contributed by atoms with Crippen LogP contribution in [-0.2, 0) is 0 Å². The molecule has 2 aromatic rings. The minimum atomic E-state index is -0.618. The van der Waals surface area contributed by atoms with Crippen molar-refractivity contribution in [3.8, 4) is 11.8 Å². The number of nitrogens with zero attached hydrogens (tertiary/aromatic N) is 1. The topological polar surface area (TPSA) is 89.2 Å². The molecule has 3 rings (SSSR count). The first-order valence-corrected chi connectivity index (χ1v) is 7.18. The van der Waals surface area contributed by atoms with Gasteiger partial charge in [0.1, 0.15) is 23.2 Å². The van der Waals surface area contributed by atoms with Crippen LogP contribution in [0.25, 0.3) is 0 Å². The zero-order valence-electron chi connectivity index (χ0n) is 10.8. The van der Waals surface area contributed by atoms with E-state index in [9.17, 15) is 10.1 Å². The predicted molar refractivity (Wildman–Crippen MR) is 78.3 cm³/mol. The quantitative estimate of drug-likeness (QED) is 0.872. The minimum Gasteiger partial charge on any atom is -0.440 e. The van der Waals surface area contributed by atoms with Crippen LogP contribution >= 0.6 is 22.9 Å². The van der Waals surface area contributed by atoms with E-state index in [0.29, 0.717) is 15.8 Å². The number of hydrogen-bond acceptors (Lipinski definition) is 6. The number of nitrogens with two attached hydrogens (primary N) is 1. The predicted octanol–water partition coefficient (Wildman–Crippen LogP) is 2.88. The molecule has 1 atom stereocenters. The van der Waals surface area contributed by atoms with Gasteiger partial charge in [-0.25, -0.2) is 4.79 Å². The van der Waals surface area contributed by atoms with Crippen LogP contribution in [0.1, 0.15) is 22.1 Å². The van der Waals surface area contributed by atoms with Crippen LogP contribution in [0.3, 0.4) is 0 Å². The third kappa shape index (κ3) is 2.20. The van der Waals surface area contributed by atoms with Gasteiger partial charge < -0.3 is 14.9 Å². The molecule has 2 N–H and O–H groups in total. The Balaban J connectivity index is 2.31. The number of thiophene rings is 1. The van der Waals surface area contributed by atoms with Crippen LogP contribution in [0, 0.1) is 18.3 Å². The number of rotatable bonds is 1. The van der Waals surface area contributed by atoms with E-state index in [1.165, 1.54) is 11.3 Å². The molecule has 106 valence electrons. The molecule has 21 heavy (non-hydrogen) atoms. The molecule has 2 aromatic heterocycles. The molecule has 0 aliphatic carbocycles. The Morgan fingerprint density at radius 3 is 2.86 bits per heavy atom. The van der Waals surface area contributed by atoms with Gasteiger partial charge in [0.05, 0.1) is 15.8 Å². The fraction of sp³-hybridized carbons (Fsp3) is 0.143. The lowest BCUT2D eigenvalue weighted by Gasteiger charge is -2.24. The number of ether oxygens (including phenoxy) is 1. The second kappa shape index (κ2) is 4.95. The van der Waals surface area contributed by atoms with Crippen molar-refractivity contribution in [2.75, 3.05) is 0 Å². The number of fused-ring (bicyclic) bond motifs is 1. The second-order valence-corrected chi connectivity index (χ2v) is 6.24. The average Bonchev–Trinajstić information content (AvgIpc) is 2.83. The summed E-state index contributed by atoms with van der Waals surface area (Å²) in [4.78, 5) is 12.9. The number of hydrogen-bond donors (Lipinski definition) is 1. The van der Waals surface area contributed by atoms with Crippen molar-refractivity contribution in [1.82, 2.24) is 0 Å². The van der Waals surface area contributed by atoms with Gasteiger partial charge in [0.2, 0.25) is 5.88 Å². The Labute approximate surface area is 128 Å². The normalized spacial score (nSPS) is 17.1. The average molecular weight is 321 g/mol. The molecule has 5 nitrogen and oxygen atoms in total. The summed E-state index contributed by atoms with van der Waals surface area (Å²) in [5.41, 5.74) is 5.72. The van der Waals surface area contributed by atoms with Gasteiger partial charge in [-0.15, -0.1) is 11.3 Å². The Hall–Kier alpha value is -2.23. The van der Waals surface area contributed by atoms with E-state index in [1.807, 2.05) is 6.07 Å². The summed E-state index contributed by atoms with van der Waals surface area (Å²) in [6.07, 6.45) is 0. The number of allylic oxidation sites excluding steroid dienone is 1. The van der Waals surface area contributed by atoms with Crippen molar-refractivity contribution in [3.05, 3.63) is 60.6 Å². The van der Waals surface area contributed by atoms with Crippen LogP contribution < -0.4 is 16.1 Å². The highest BCUT2D eigenvalue weighted by atomic mass is 35.5. The summed E-state index contributed by atoms with van der Waals surface area (Å²) in [5, 5.41) is 9.34. The van der Waals surface area contributed by atoms with Crippen molar-refractivity contribution in [2.24, 2.45) is 5.73 Å². The molecule has 0 fully saturated rings. The molecule has 1 aliphatic heterocycles. The van der Waals surface area contributed by atoms with E-state index < -0.39 is 11.5 Å². The Bertz CT molecular complexity index is 860. The summed E-state index contributed by atoms with van der Waals surface area (Å²) in [5.74, 6) is 0.0994. The fourth-order valence-electron chi connectivity index (χ4n) is 2.29. The number of nitriles is 1. The van der Waals surface area contributed by atoms with Crippen LogP contribution in [0.4, 0.5) is 0 Å². The van der Waals surface area contributed by atoms with Crippen LogP contribution in [0.2, 0.25) is 4.34 Å². The largest absolute Gasteiger partial charge is 0.440 e. The molecule has 0 radical (unpaired) electrons. The van der Waals surface area contributed by atoms with Crippen molar-refractivity contribution < 1.29 is 9.15 Å². The maximum atomic E-state index is 12.2. The number of aryl methyl sites for hydroxylation is 1. The molecule has 0 saturated carbocycles. The maximum Gasteiger partial charge on any atom is 0.343 e. The molecule has 0 amide bonds. The highest BCUT2D eigenvalue weighted by molar-refractivity contribution is 7.16. The SMILES string of the molecule is Cc1cc2c(c(=O)o1)C(c1ccc(Cl)s1)C(C#N)=C(N)O2. The third-order valence-corrected chi connectivity index (χ3v) is 4.43. The van der Waals surface area contributed by atoms with E-state index in [0.717, 1.165) is 4.88 Å². The van der Waals surface area contributed by atoms with Crippen molar-refractivity contribution in [3.63, 3.8) is 0 Å². The maximum absolute atomic E-state index is 12.2. The molecule has 0 aromatic carbocycles. The van der Waals surface area contributed by atoms with Crippen molar-refractivity contribution in [2.45, 2.75) is 12.8 Å². The molecule has 0 spiro atoms. The summed E-state index contributed by atoms with van der Waals surface area (Å²) in [6, 6.07) is 7.06. The minimum absolute atomic E-state index is 0.00970. The Morgan fingerprint density at radius 2 is 2.24 bits per heavy atom. The Kier molecular flexibility index (Phi) is 3.24. The molecule has 7 heteroatoms. The van der Waals surface area contributed by atoms with Crippen LogP contribution in [0.5, 0.6) is 5.75 Å². The number of halogens is 1. The van der Waals surface area contributed by atoms with Gasteiger partial charge in [0, 0.05) is 10.9 Å². The van der Waals surface area contributed by atoms with E-state index >= 15 is 0 Å². The Morgan fingerprint density at radius 1 is 1.48 bits per heavy atom. The highest BCUT2D eigenvalue weighted by Crippen LogP contribution is 2.43. The monoisotopic (exact) mass is 320 g/mol. The van der Waals surface area contributed by atoms with Gasteiger partial charge in [0.15, 0.2) is 0 Å². The lowest BCUT2D eigenvalue weighted by atomic mass is 9.89. The van der Waals surface area contributed by atoms with Crippen LogP contribution in [0.15, 0.2) is 38.9 Å². The first-order chi connectivity index (χ1) is 10.0. The standard InChI is InChI=1S/C14H9ClN2O3S/c1-6-4-8-12(14(18)19-6)11(7(5-16)13(17)20-8)9-2-3-10(15)21-9/h2-4,11H,17H2,1H3. The van der Waals surface area contributed by atoms with Gasteiger partial charge in [-0.2, -0.15) is 5.26 Å². The van der Waals surface area contributed by atoms with Gasteiger partial charge in [-0.05, 0) is 19.1 Å². The van der Waals surface area contributed by atoms with E-state index in [4.69, 9.17) is 26.5 Å². The van der Waals surface area contributed by atoms with Gasteiger partial charge >= 0.3 is 5.63 Å². The molecular weight excluding hydrogens is 312 g/mol. The van der Waals surface area contributed by atoms with E-state index in [2.05, 4.69) is 0 Å². The lowest BCUT2D eigenvalue weighted by Crippen LogP contribution is -2.25. The van der Waals surface area contributed by atoms with Crippen molar-refractivity contribution in [1.29, 1.82) is 5.26 Å². The molecule has 1 aliphatic rings. The second-order valence-electron chi connectivity index (χ2n) is 4.49. The summed E-state index contributed by atoms with van der Waals surface area (Å²) >= 11 is 7.23. The molecule has 1 unspecified atom stereocenters. The summed E-state index contributed by atoms with van der Waals surface area (Å²) in [7, 11) is 0.